The Hall–Kier alpha value is -5.23. The summed E-state index contributed by atoms with van der Waals surface area (Å²) in [6, 6.07) is 0. The molecule has 0 aromatic carbocycles. The standard InChI is InChI=1S/C59H86O6/c1-4-7-10-13-16-19-22-25-27-29-30-32-34-37-40-43-46-49-52-58(61)64-55-56(54-63-57(60)51-48-45-42-39-36-33-24-21-18-15-12-9-6-3)65-59(62)53-50-47-44-41-38-35-31-28-26-23-20-17-14-11-8-5-2/h8-13,15-22,24-30,32-33,35-36,38-39,42,56H,4-7,14,23,31,34,37,40-41,43-55H2,1-3H3/b11-8-,12-9-,13-10-,18-15-,19-16-,20-17-,24-21-,25-22-,28-26-,29-27-,32-30-,36-33-,38-35-,42-39-. The van der Waals surface area contributed by atoms with Gasteiger partial charge >= 0.3 is 17.9 Å². The van der Waals surface area contributed by atoms with Gasteiger partial charge in [0.15, 0.2) is 6.10 Å². The zero-order valence-electron chi connectivity index (χ0n) is 40.7. The van der Waals surface area contributed by atoms with Gasteiger partial charge in [-0.05, 0) is 89.9 Å². The number of carbonyl (C=O) groups is 3. The third-order valence-corrected chi connectivity index (χ3v) is 9.42. The first kappa shape index (κ1) is 59.8. The normalized spacial score (nSPS) is 13.6. The van der Waals surface area contributed by atoms with E-state index in [4.69, 9.17) is 14.2 Å². The lowest BCUT2D eigenvalue weighted by atomic mass is 10.1. The molecule has 0 fully saturated rings. The predicted molar refractivity (Wildman–Crippen MR) is 278 cm³/mol. The van der Waals surface area contributed by atoms with Crippen molar-refractivity contribution in [3.8, 4) is 0 Å². The maximum Gasteiger partial charge on any atom is 0.306 e. The Balaban J connectivity index is 4.64. The van der Waals surface area contributed by atoms with E-state index >= 15 is 0 Å². The Kier molecular flexibility index (Phi) is 47.3. The molecule has 0 spiro atoms. The van der Waals surface area contributed by atoms with Crippen LogP contribution in [0.15, 0.2) is 170 Å². The second kappa shape index (κ2) is 51.4. The highest BCUT2D eigenvalue weighted by molar-refractivity contribution is 5.71. The van der Waals surface area contributed by atoms with Gasteiger partial charge in [-0.1, -0.05) is 223 Å². The zero-order chi connectivity index (χ0) is 47.2. The molecule has 6 nitrogen and oxygen atoms in total. The average molecular weight is 891 g/mol. The summed E-state index contributed by atoms with van der Waals surface area (Å²) >= 11 is 0. The Morgan fingerprint density at radius 3 is 1.20 bits per heavy atom. The fraction of sp³-hybridized carbons (Fsp3) is 0.475. The third kappa shape index (κ3) is 49.6. The number of hydrogen-bond acceptors (Lipinski definition) is 6. The van der Waals surface area contributed by atoms with Gasteiger partial charge < -0.3 is 14.2 Å². The van der Waals surface area contributed by atoms with Crippen molar-refractivity contribution >= 4 is 17.9 Å². The molecule has 0 aliphatic heterocycles. The summed E-state index contributed by atoms with van der Waals surface area (Å²) in [6.45, 7) is 6.14. The summed E-state index contributed by atoms with van der Waals surface area (Å²) in [5.74, 6) is -1.09. The minimum Gasteiger partial charge on any atom is -0.462 e. The number of allylic oxidation sites excluding steroid dienone is 28. The van der Waals surface area contributed by atoms with Crippen LogP contribution in [-0.2, 0) is 28.6 Å². The fourth-order valence-electron chi connectivity index (χ4n) is 5.78. The predicted octanol–water partition coefficient (Wildman–Crippen LogP) is 16.4. The van der Waals surface area contributed by atoms with E-state index in [1.165, 1.54) is 6.42 Å². The van der Waals surface area contributed by atoms with Crippen molar-refractivity contribution in [1.82, 2.24) is 0 Å². The van der Waals surface area contributed by atoms with Crippen LogP contribution in [-0.4, -0.2) is 37.2 Å². The molecule has 0 saturated heterocycles. The first-order valence-electron chi connectivity index (χ1n) is 24.8. The van der Waals surface area contributed by atoms with Gasteiger partial charge in [-0.25, -0.2) is 0 Å². The van der Waals surface area contributed by atoms with Gasteiger partial charge in [-0.15, -0.1) is 0 Å². The van der Waals surface area contributed by atoms with E-state index in [0.29, 0.717) is 19.3 Å². The van der Waals surface area contributed by atoms with Gasteiger partial charge in [0, 0.05) is 19.3 Å². The maximum absolute atomic E-state index is 12.8. The molecular formula is C59H86O6. The molecule has 0 aromatic rings. The summed E-state index contributed by atoms with van der Waals surface area (Å²) in [4.78, 5) is 37.9. The molecule has 0 rings (SSSR count). The third-order valence-electron chi connectivity index (χ3n) is 9.42. The summed E-state index contributed by atoms with van der Waals surface area (Å²) in [7, 11) is 0. The highest BCUT2D eigenvalue weighted by Gasteiger charge is 2.19. The monoisotopic (exact) mass is 891 g/mol. The van der Waals surface area contributed by atoms with E-state index in [9.17, 15) is 14.4 Å². The fourth-order valence-corrected chi connectivity index (χ4v) is 5.78. The van der Waals surface area contributed by atoms with Crippen LogP contribution < -0.4 is 0 Å². The van der Waals surface area contributed by atoms with Crippen molar-refractivity contribution < 1.29 is 28.6 Å². The van der Waals surface area contributed by atoms with E-state index in [0.717, 1.165) is 103 Å². The second-order valence-electron chi connectivity index (χ2n) is 15.5. The number of esters is 3. The Labute approximate surface area is 396 Å². The van der Waals surface area contributed by atoms with Crippen LogP contribution in [0.3, 0.4) is 0 Å². The van der Waals surface area contributed by atoms with Gasteiger partial charge in [-0.2, -0.15) is 0 Å². The van der Waals surface area contributed by atoms with Crippen LogP contribution in [0, 0.1) is 0 Å². The minimum absolute atomic E-state index is 0.137. The molecule has 358 valence electrons. The largest absolute Gasteiger partial charge is 0.462 e. The molecule has 65 heavy (non-hydrogen) atoms. The molecule has 0 aliphatic carbocycles. The van der Waals surface area contributed by atoms with E-state index in [-0.39, 0.29) is 44.0 Å². The van der Waals surface area contributed by atoms with Gasteiger partial charge in [-0.3, -0.25) is 14.4 Å². The molecule has 1 unspecified atom stereocenters. The Morgan fingerprint density at radius 1 is 0.338 bits per heavy atom. The van der Waals surface area contributed by atoms with Crippen LogP contribution in [0.25, 0.3) is 0 Å². The lowest BCUT2D eigenvalue weighted by molar-refractivity contribution is -0.167. The summed E-state index contributed by atoms with van der Waals surface area (Å²) in [5, 5.41) is 0. The molecule has 6 heteroatoms. The molecule has 0 N–H and O–H groups in total. The topological polar surface area (TPSA) is 78.9 Å². The molecule has 0 saturated carbocycles. The molecule has 0 aliphatic rings. The van der Waals surface area contributed by atoms with E-state index < -0.39 is 6.10 Å². The number of hydrogen-bond donors (Lipinski definition) is 0. The van der Waals surface area contributed by atoms with Crippen LogP contribution in [0.5, 0.6) is 0 Å². The first-order chi connectivity index (χ1) is 32.0. The van der Waals surface area contributed by atoms with Crippen LogP contribution in [0.2, 0.25) is 0 Å². The lowest BCUT2D eigenvalue weighted by Crippen LogP contribution is -2.30. The second-order valence-corrected chi connectivity index (χ2v) is 15.5. The average Bonchev–Trinajstić information content (AvgIpc) is 3.30. The number of ether oxygens (including phenoxy) is 3. The minimum atomic E-state index is -0.844. The van der Waals surface area contributed by atoms with Crippen molar-refractivity contribution in [3.63, 3.8) is 0 Å². The lowest BCUT2D eigenvalue weighted by Gasteiger charge is -2.18. The van der Waals surface area contributed by atoms with E-state index in [2.05, 4.69) is 99.8 Å². The van der Waals surface area contributed by atoms with Gasteiger partial charge in [0.05, 0.1) is 0 Å². The van der Waals surface area contributed by atoms with Crippen LogP contribution in [0.1, 0.15) is 162 Å². The SMILES string of the molecule is CC\C=C/C=C\C=C/C=C\C=C/CCCC(=O)OCC(COC(=O)CCCCCCC\C=C/C=C\C=C/C=C\C=C/CCC)OC(=O)CCCCC/C=C\C/C=C\C/C=C\C/C=C\CC. The molecule has 0 amide bonds. The summed E-state index contributed by atoms with van der Waals surface area (Å²) in [6.07, 6.45) is 76.2. The van der Waals surface area contributed by atoms with Crippen molar-refractivity contribution in [3.05, 3.63) is 170 Å². The van der Waals surface area contributed by atoms with Gasteiger partial charge in [0.25, 0.3) is 0 Å². The molecule has 0 heterocycles. The zero-order valence-corrected chi connectivity index (χ0v) is 40.7. The quantitative estimate of drug-likeness (QED) is 0.0200. The summed E-state index contributed by atoms with van der Waals surface area (Å²) in [5.41, 5.74) is 0. The smallest absolute Gasteiger partial charge is 0.306 e. The Bertz CT molecular complexity index is 1590. The van der Waals surface area contributed by atoms with Gasteiger partial charge in [0.2, 0.25) is 0 Å². The number of unbranched alkanes of at least 4 members (excludes halogenated alkanes) is 10. The molecule has 1 atom stereocenters. The highest BCUT2D eigenvalue weighted by Crippen LogP contribution is 2.11. The van der Waals surface area contributed by atoms with E-state index in [1.807, 2.05) is 91.1 Å². The van der Waals surface area contributed by atoms with Gasteiger partial charge in [0.1, 0.15) is 13.2 Å². The highest BCUT2D eigenvalue weighted by atomic mass is 16.6. The van der Waals surface area contributed by atoms with E-state index in [1.54, 1.807) is 0 Å². The summed E-state index contributed by atoms with van der Waals surface area (Å²) < 4.78 is 16.7. The van der Waals surface area contributed by atoms with Crippen molar-refractivity contribution in [2.75, 3.05) is 13.2 Å². The molecular weight excluding hydrogens is 805 g/mol. The van der Waals surface area contributed by atoms with Crippen LogP contribution >= 0.6 is 0 Å². The number of carbonyl (C=O) groups excluding carboxylic acids is 3. The van der Waals surface area contributed by atoms with Crippen molar-refractivity contribution in [1.29, 1.82) is 0 Å². The van der Waals surface area contributed by atoms with Crippen LogP contribution in [0.4, 0.5) is 0 Å². The molecule has 0 radical (unpaired) electrons. The maximum atomic E-state index is 12.8. The first-order valence-corrected chi connectivity index (χ1v) is 24.8. The van der Waals surface area contributed by atoms with Crippen molar-refractivity contribution in [2.24, 2.45) is 0 Å². The molecule has 0 bridgehead atoms. The van der Waals surface area contributed by atoms with Crippen molar-refractivity contribution in [2.45, 2.75) is 168 Å². The number of rotatable bonds is 41. The molecule has 0 aromatic heterocycles. The Morgan fingerprint density at radius 2 is 0.692 bits per heavy atom.